The lowest BCUT2D eigenvalue weighted by Gasteiger charge is -2.52. The third kappa shape index (κ3) is 1.95. The van der Waals surface area contributed by atoms with Gasteiger partial charge in [-0.05, 0) is 50.8 Å². The molecule has 2 aliphatic heterocycles. The highest BCUT2D eigenvalue weighted by Gasteiger charge is 2.61. The molecule has 2 fully saturated rings. The Balaban J connectivity index is 2.11. The molecule has 0 amide bonds. The van der Waals surface area contributed by atoms with Crippen LogP contribution in [-0.2, 0) is 0 Å². The number of aliphatic hydroxyl groups excluding tert-OH is 1. The Bertz CT molecular complexity index is 670. The summed E-state index contributed by atoms with van der Waals surface area (Å²) in [5.74, 6) is 0. The van der Waals surface area contributed by atoms with Crippen LogP contribution in [-0.4, -0.2) is 38.8 Å². The van der Waals surface area contributed by atoms with E-state index >= 15 is 0 Å². The van der Waals surface area contributed by atoms with Crippen LogP contribution in [0.25, 0.3) is 0 Å². The largest absolute Gasteiger partial charge is 0.387 e. The van der Waals surface area contributed by atoms with Crippen LogP contribution in [0.3, 0.4) is 0 Å². The van der Waals surface area contributed by atoms with Gasteiger partial charge in [0, 0.05) is 11.7 Å². The molecule has 5 nitrogen and oxygen atoms in total. The van der Waals surface area contributed by atoms with Gasteiger partial charge < -0.3 is 20.2 Å². The molecule has 0 saturated carbocycles. The fourth-order valence-electron chi connectivity index (χ4n) is 3.92. The van der Waals surface area contributed by atoms with Crippen LogP contribution in [0.1, 0.15) is 37.3 Å². The second-order valence-corrected chi connectivity index (χ2v) is 6.97. The van der Waals surface area contributed by atoms with Gasteiger partial charge >= 0.3 is 0 Å². The molecule has 0 spiro atoms. The van der Waals surface area contributed by atoms with E-state index in [-0.39, 0.29) is 6.04 Å². The number of aliphatic hydroxyl groups is 3. The van der Waals surface area contributed by atoms with Gasteiger partial charge in [0.05, 0.1) is 16.2 Å². The van der Waals surface area contributed by atoms with Crippen LogP contribution in [0.2, 0.25) is 5.02 Å². The number of halogens is 1. The highest BCUT2D eigenvalue weighted by atomic mass is 35.5. The highest BCUT2D eigenvalue weighted by Crippen LogP contribution is 2.50. The highest BCUT2D eigenvalue weighted by molar-refractivity contribution is 6.32. The topological polar surface area (TPSA) is 87.7 Å². The number of hydrogen-bond acceptors (Lipinski definition) is 5. The summed E-state index contributed by atoms with van der Waals surface area (Å²) in [7, 11) is 0. The molecule has 6 heteroatoms. The maximum Gasteiger partial charge on any atom is 0.167 e. The maximum atomic E-state index is 11.0. The number of anilines is 1. The van der Waals surface area contributed by atoms with Crippen LogP contribution in [0.4, 0.5) is 5.69 Å². The van der Waals surface area contributed by atoms with Gasteiger partial charge in [-0.15, -0.1) is 0 Å². The molecule has 0 aliphatic carbocycles. The summed E-state index contributed by atoms with van der Waals surface area (Å²) in [4.78, 5) is 1.76. The summed E-state index contributed by atoms with van der Waals surface area (Å²) < 4.78 is 0. The van der Waals surface area contributed by atoms with Crippen LogP contribution in [0.15, 0.2) is 12.1 Å². The molecule has 1 aromatic carbocycles. The van der Waals surface area contributed by atoms with Crippen molar-refractivity contribution in [3.63, 3.8) is 0 Å². The molecule has 1 aromatic rings. The van der Waals surface area contributed by atoms with Crippen molar-refractivity contribution in [1.29, 1.82) is 5.26 Å². The number of nitriles is 1. The Kier molecular flexibility index (Phi) is 3.42. The van der Waals surface area contributed by atoms with Gasteiger partial charge in [-0.25, -0.2) is 0 Å². The SMILES string of the molecule is Cc1c(N2[C@@H]3CC[C@@]2(O)C(O)[C@@](C)(O)C3)ccc(C#N)c1Cl. The van der Waals surface area contributed by atoms with Crippen molar-refractivity contribution in [1.82, 2.24) is 0 Å². The molecule has 2 bridgehead atoms. The summed E-state index contributed by atoms with van der Waals surface area (Å²) in [6, 6.07) is 5.32. The van der Waals surface area contributed by atoms with E-state index < -0.39 is 17.4 Å². The minimum absolute atomic E-state index is 0.0777. The van der Waals surface area contributed by atoms with Crippen LogP contribution in [0, 0.1) is 18.3 Å². The zero-order valence-corrected chi connectivity index (χ0v) is 13.3. The van der Waals surface area contributed by atoms with Crippen molar-refractivity contribution in [2.24, 2.45) is 0 Å². The molecular weight excluding hydrogens is 304 g/mol. The molecule has 1 unspecified atom stereocenters. The van der Waals surface area contributed by atoms with E-state index in [0.717, 1.165) is 0 Å². The van der Waals surface area contributed by atoms with E-state index in [4.69, 9.17) is 16.9 Å². The summed E-state index contributed by atoms with van der Waals surface area (Å²) in [6.45, 7) is 3.34. The normalized spacial score (nSPS) is 37.2. The van der Waals surface area contributed by atoms with E-state index in [2.05, 4.69) is 0 Å². The van der Waals surface area contributed by atoms with Gasteiger partial charge in [0.2, 0.25) is 0 Å². The fourth-order valence-corrected chi connectivity index (χ4v) is 4.12. The molecule has 4 atom stereocenters. The van der Waals surface area contributed by atoms with Crippen molar-refractivity contribution >= 4 is 17.3 Å². The quantitative estimate of drug-likeness (QED) is 0.732. The minimum Gasteiger partial charge on any atom is -0.387 e. The molecule has 0 radical (unpaired) electrons. The lowest BCUT2D eigenvalue weighted by Crippen LogP contribution is -2.68. The number of hydrogen-bond donors (Lipinski definition) is 3. The molecular formula is C16H19ClN2O3. The Morgan fingerprint density at radius 3 is 2.73 bits per heavy atom. The van der Waals surface area contributed by atoms with E-state index in [1.54, 1.807) is 30.9 Å². The third-order valence-corrected chi connectivity index (χ3v) is 5.53. The molecule has 3 N–H and O–H groups in total. The number of piperidine rings is 1. The number of rotatable bonds is 1. The first-order valence-electron chi connectivity index (χ1n) is 7.34. The van der Waals surface area contributed by atoms with Gasteiger partial charge in [0.1, 0.15) is 12.2 Å². The standard InChI is InChI=1S/C16H19ClN2O3/c1-9-12(4-3-10(8-18)13(9)17)19-11-5-6-16(19,22)14(20)15(2,21)7-11/h3-4,11,14,20-22H,5-7H2,1-2H3/t11-,14?,15+,16-/m1/s1. The fraction of sp³-hybridized carbons (Fsp3) is 0.562. The summed E-state index contributed by atoms with van der Waals surface area (Å²) >= 11 is 6.23. The van der Waals surface area contributed by atoms with E-state index in [1.807, 2.05) is 6.07 Å². The lowest BCUT2D eigenvalue weighted by atomic mass is 9.82. The van der Waals surface area contributed by atoms with E-state index in [1.165, 1.54) is 0 Å². The predicted molar refractivity (Wildman–Crippen MR) is 82.6 cm³/mol. The first-order chi connectivity index (χ1) is 10.2. The maximum absolute atomic E-state index is 11.0. The van der Waals surface area contributed by atoms with Gasteiger partial charge in [-0.2, -0.15) is 5.26 Å². The van der Waals surface area contributed by atoms with Crippen molar-refractivity contribution < 1.29 is 15.3 Å². The predicted octanol–water partition coefficient (Wildman–Crippen LogP) is 1.69. The van der Waals surface area contributed by atoms with Gasteiger partial charge in [-0.1, -0.05) is 11.6 Å². The van der Waals surface area contributed by atoms with Crippen molar-refractivity contribution in [2.75, 3.05) is 4.90 Å². The first kappa shape index (κ1) is 15.6. The zero-order chi connectivity index (χ0) is 16.3. The Morgan fingerprint density at radius 1 is 1.41 bits per heavy atom. The second kappa shape index (κ2) is 4.84. The summed E-state index contributed by atoms with van der Waals surface area (Å²) in [6.07, 6.45) is 0.160. The van der Waals surface area contributed by atoms with Gasteiger partial charge in [0.15, 0.2) is 5.72 Å². The molecule has 2 heterocycles. The number of fused-ring (bicyclic) bond motifs is 2. The molecule has 3 rings (SSSR count). The molecule has 2 aliphatic rings. The third-order valence-electron chi connectivity index (χ3n) is 5.04. The lowest BCUT2D eigenvalue weighted by molar-refractivity contribution is -0.178. The van der Waals surface area contributed by atoms with E-state index in [0.29, 0.717) is 41.1 Å². The van der Waals surface area contributed by atoms with Crippen molar-refractivity contribution in [3.8, 4) is 6.07 Å². The van der Waals surface area contributed by atoms with Crippen molar-refractivity contribution in [3.05, 3.63) is 28.3 Å². The number of benzene rings is 1. The summed E-state index contributed by atoms with van der Waals surface area (Å²) in [5.41, 5.74) is -1.07. The van der Waals surface area contributed by atoms with Crippen LogP contribution >= 0.6 is 11.6 Å². The van der Waals surface area contributed by atoms with Crippen LogP contribution < -0.4 is 4.90 Å². The Labute approximate surface area is 134 Å². The Morgan fingerprint density at radius 2 is 2.09 bits per heavy atom. The monoisotopic (exact) mass is 322 g/mol. The smallest absolute Gasteiger partial charge is 0.167 e. The van der Waals surface area contributed by atoms with Crippen LogP contribution in [0.5, 0.6) is 0 Å². The number of nitrogens with zero attached hydrogens (tertiary/aromatic N) is 2. The molecule has 22 heavy (non-hydrogen) atoms. The van der Waals surface area contributed by atoms with E-state index in [9.17, 15) is 15.3 Å². The molecule has 0 aromatic heterocycles. The molecule has 118 valence electrons. The zero-order valence-electron chi connectivity index (χ0n) is 12.5. The Hall–Kier alpha value is -1.32. The average molecular weight is 323 g/mol. The summed E-state index contributed by atoms with van der Waals surface area (Å²) in [5, 5.41) is 41.2. The average Bonchev–Trinajstić information content (AvgIpc) is 2.74. The van der Waals surface area contributed by atoms with Gasteiger partial charge in [-0.3, -0.25) is 0 Å². The molecule has 2 saturated heterocycles. The minimum atomic E-state index is -1.52. The van der Waals surface area contributed by atoms with Gasteiger partial charge in [0.25, 0.3) is 0 Å². The second-order valence-electron chi connectivity index (χ2n) is 6.59. The van der Waals surface area contributed by atoms with Crippen molar-refractivity contribution in [2.45, 2.75) is 56.6 Å². The first-order valence-corrected chi connectivity index (χ1v) is 7.71.